The summed E-state index contributed by atoms with van der Waals surface area (Å²) < 4.78 is 5.06. The Hall–Kier alpha value is -2.10. The number of methoxy groups -OCH3 is 1. The van der Waals surface area contributed by atoms with Crippen molar-refractivity contribution in [2.75, 3.05) is 19.0 Å². The molecular weight excluding hydrogens is 238 g/mol. The van der Waals surface area contributed by atoms with Crippen LogP contribution in [0.3, 0.4) is 0 Å². The summed E-state index contributed by atoms with van der Waals surface area (Å²) in [6.45, 7) is 3.10. The molecule has 1 aromatic carbocycles. The topological polar surface area (TPSA) is 47.0 Å². The lowest BCUT2D eigenvalue weighted by atomic mass is 9.98. The molecule has 0 spiro atoms. The van der Waals surface area contributed by atoms with Gasteiger partial charge in [0, 0.05) is 12.6 Å². The van der Waals surface area contributed by atoms with Gasteiger partial charge >= 0.3 is 0 Å². The van der Waals surface area contributed by atoms with Crippen molar-refractivity contribution in [1.82, 2.24) is 9.97 Å². The molecule has 0 aliphatic carbocycles. The normalized spacial score (nSPS) is 11.9. The molecule has 1 heterocycles. The van der Waals surface area contributed by atoms with Crippen molar-refractivity contribution in [3.63, 3.8) is 0 Å². The predicted octanol–water partition coefficient (Wildman–Crippen LogP) is 3.09. The zero-order valence-electron chi connectivity index (χ0n) is 11.3. The molecule has 1 aromatic heterocycles. The molecule has 2 rings (SSSR count). The van der Waals surface area contributed by atoms with Crippen LogP contribution in [0.4, 0.5) is 5.82 Å². The third kappa shape index (κ3) is 3.95. The van der Waals surface area contributed by atoms with Crippen molar-refractivity contribution in [3.05, 3.63) is 48.3 Å². The third-order valence-electron chi connectivity index (χ3n) is 3.10. The van der Waals surface area contributed by atoms with E-state index >= 15 is 0 Å². The van der Waals surface area contributed by atoms with E-state index in [9.17, 15) is 0 Å². The number of nitrogens with one attached hydrogen (secondary N) is 1. The minimum Gasteiger partial charge on any atom is -0.481 e. The molecular formula is C15H19N3O. The molecule has 0 saturated heterocycles. The fourth-order valence-corrected chi connectivity index (χ4v) is 1.91. The van der Waals surface area contributed by atoms with Crippen LogP contribution in [0.2, 0.25) is 0 Å². The first-order valence-electron chi connectivity index (χ1n) is 6.44. The SMILES string of the molecule is COc1cc(NCCC(C)c2ccccc2)ncn1. The zero-order chi connectivity index (χ0) is 13.5. The van der Waals surface area contributed by atoms with Gasteiger partial charge in [-0.3, -0.25) is 0 Å². The first kappa shape index (κ1) is 13.3. The Morgan fingerprint density at radius 1 is 1.21 bits per heavy atom. The molecule has 0 fully saturated rings. The van der Waals surface area contributed by atoms with E-state index in [4.69, 9.17) is 4.74 Å². The van der Waals surface area contributed by atoms with E-state index in [-0.39, 0.29) is 0 Å². The lowest BCUT2D eigenvalue weighted by Gasteiger charge is -2.12. The zero-order valence-corrected chi connectivity index (χ0v) is 11.3. The average Bonchev–Trinajstić information content (AvgIpc) is 2.48. The molecule has 1 atom stereocenters. The van der Waals surface area contributed by atoms with Crippen molar-refractivity contribution in [1.29, 1.82) is 0 Å². The minimum absolute atomic E-state index is 0.525. The number of rotatable bonds is 6. The number of anilines is 1. The molecule has 1 N–H and O–H groups in total. The van der Waals surface area contributed by atoms with E-state index in [0.717, 1.165) is 18.8 Å². The van der Waals surface area contributed by atoms with Gasteiger partial charge in [-0.2, -0.15) is 0 Å². The van der Waals surface area contributed by atoms with Crippen molar-refractivity contribution in [2.45, 2.75) is 19.3 Å². The van der Waals surface area contributed by atoms with Gasteiger partial charge in [0.05, 0.1) is 7.11 Å². The van der Waals surface area contributed by atoms with Gasteiger partial charge in [-0.1, -0.05) is 37.3 Å². The van der Waals surface area contributed by atoms with Crippen LogP contribution in [-0.4, -0.2) is 23.6 Å². The highest BCUT2D eigenvalue weighted by molar-refractivity contribution is 5.36. The maximum Gasteiger partial charge on any atom is 0.218 e. The van der Waals surface area contributed by atoms with Gasteiger partial charge < -0.3 is 10.1 Å². The Balaban J connectivity index is 1.83. The van der Waals surface area contributed by atoms with Gasteiger partial charge in [0.2, 0.25) is 5.88 Å². The molecule has 19 heavy (non-hydrogen) atoms. The van der Waals surface area contributed by atoms with Gasteiger partial charge in [0.15, 0.2) is 0 Å². The van der Waals surface area contributed by atoms with E-state index in [1.807, 2.05) is 6.07 Å². The van der Waals surface area contributed by atoms with Crippen LogP contribution in [0.15, 0.2) is 42.7 Å². The smallest absolute Gasteiger partial charge is 0.218 e. The molecule has 100 valence electrons. The highest BCUT2D eigenvalue weighted by atomic mass is 16.5. The lowest BCUT2D eigenvalue weighted by Crippen LogP contribution is -2.07. The molecule has 2 aromatic rings. The fraction of sp³-hybridized carbons (Fsp3) is 0.333. The van der Waals surface area contributed by atoms with Gasteiger partial charge in [-0.25, -0.2) is 9.97 Å². The predicted molar refractivity (Wildman–Crippen MR) is 76.5 cm³/mol. The molecule has 4 heteroatoms. The first-order valence-corrected chi connectivity index (χ1v) is 6.44. The van der Waals surface area contributed by atoms with Crippen LogP contribution in [0, 0.1) is 0 Å². The summed E-state index contributed by atoms with van der Waals surface area (Å²) in [4.78, 5) is 8.13. The van der Waals surface area contributed by atoms with Gasteiger partial charge in [0.1, 0.15) is 12.1 Å². The van der Waals surface area contributed by atoms with Gasteiger partial charge in [-0.05, 0) is 17.9 Å². The Morgan fingerprint density at radius 2 is 2.00 bits per heavy atom. The Morgan fingerprint density at radius 3 is 2.74 bits per heavy atom. The summed E-state index contributed by atoms with van der Waals surface area (Å²) >= 11 is 0. The number of hydrogen-bond acceptors (Lipinski definition) is 4. The number of benzene rings is 1. The van der Waals surface area contributed by atoms with Crippen molar-refractivity contribution >= 4 is 5.82 Å². The van der Waals surface area contributed by atoms with E-state index < -0.39 is 0 Å². The summed E-state index contributed by atoms with van der Waals surface area (Å²) in [5.41, 5.74) is 1.37. The molecule has 4 nitrogen and oxygen atoms in total. The van der Waals surface area contributed by atoms with Crippen molar-refractivity contribution in [3.8, 4) is 5.88 Å². The van der Waals surface area contributed by atoms with E-state index in [1.54, 1.807) is 13.2 Å². The maximum atomic E-state index is 5.06. The molecule has 1 unspecified atom stereocenters. The third-order valence-corrected chi connectivity index (χ3v) is 3.10. The summed E-state index contributed by atoms with van der Waals surface area (Å²) in [5, 5.41) is 3.29. The second-order valence-corrected chi connectivity index (χ2v) is 4.47. The molecule has 0 saturated carbocycles. The molecule has 0 amide bonds. The van der Waals surface area contributed by atoms with E-state index in [2.05, 4.69) is 46.5 Å². The van der Waals surface area contributed by atoms with Crippen LogP contribution in [0.1, 0.15) is 24.8 Å². The van der Waals surface area contributed by atoms with Crippen LogP contribution >= 0.6 is 0 Å². The average molecular weight is 257 g/mol. The molecule has 0 aliphatic rings. The van der Waals surface area contributed by atoms with Gasteiger partial charge in [-0.15, -0.1) is 0 Å². The Bertz CT molecular complexity index is 502. The number of hydrogen-bond donors (Lipinski definition) is 1. The van der Waals surface area contributed by atoms with Crippen molar-refractivity contribution < 1.29 is 4.74 Å². The number of nitrogens with zero attached hydrogens (tertiary/aromatic N) is 2. The lowest BCUT2D eigenvalue weighted by molar-refractivity contribution is 0.397. The standard InChI is InChI=1S/C15H19N3O/c1-12(13-6-4-3-5-7-13)8-9-16-14-10-15(19-2)18-11-17-14/h3-7,10-12H,8-9H2,1-2H3,(H,16,17,18). The van der Waals surface area contributed by atoms with Crippen LogP contribution in [0.25, 0.3) is 0 Å². The van der Waals surface area contributed by atoms with Crippen molar-refractivity contribution in [2.24, 2.45) is 0 Å². The van der Waals surface area contributed by atoms with Crippen LogP contribution < -0.4 is 10.1 Å². The number of ether oxygens (including phenoxy) is 1. The second-order valence-electron chi connectivity index (χ2n) is 4.47. The Labute approximate surface area is 113 Å². The summed E-state index contributed by atoms with van der Waals surface area (Å²) in [6, 6.07) is 12.3. The van der Waals surface area contributed by atoms with Crippen LogP contribution in [0.5, 0.6) is 5.88 Å². The second kappa shape index (κ2) is 6.73. The molecule has 0 bridgehead atoms. The molecule has 0 radical (unpaired) electrons. The fourth-order valence-electron chi connectivity index (χ4n) is 1.91. The minimum atomic E-state index is 0.525. The summed E-state index contributed by atoms with van der Waals surface area (Å²) in [6.07, 6.45) is 2.55. The van der Waals surface area contributed by atoms with Gasteiger partial charge in [0.25, 0.3) is 0 Å². The van der Waals surface area contributed by atoms with E-state index in [1.165, 1.54) is 11.9 Å². The number of aromatic nitrogens is 2. The van der Waals surface area contributed by atoms with E-state index in [0.29, 0.717) is 11.8 Å². The summed E-state index contributed by atoms with van der Waals surface area (Å²) in [5.74, 6) is 1.90. The molecule has 0 aliphatic heterocycles. The largest absolute Gasteiger partial charge is 0.481 e. The maximum absolute atomic E-state index is 5.06. The highest BCUT2D eigenvalue weighted by Crippen LogP contribution is 2.18. The summed E-state index contributed by atoms with van der Waals surface area (Å²) in [7, 11) is 1.60. The highest BCUT2D eigenvalue weighted by Gasteiger charge is 2.04. The monoisotopic (exact) mass is 257 g/mol. The Kier molecular flexibility index (Phi) is 4.72. The van der Waals surface area contributed by atoms with Crippen LogP contribution in [-0.2, 0) is 0 Å². The quantitative estimate of drug-likeness (QED) is 0.863. The first-order chi connectivity index (χ1) is 9.29.